The van der Waals surface area contributed by atoms with Gasteiger partial charge in [0.15, 0.2) is 0 Å². The first-order valence-corrected chi connectivity index (χ1v) is 16.1. The van der Waals surface area contributed by atoms with Crippen molar-refractivity contribution in [2.75, 3.05) is 36.9 Å². The maximum absolute atomic E-state index is 4.49. The fourth-order valence-electron chi connectivity index (χ4n) is 5.60. The van der Waals surface area contributed by atoms with Crippen LogP contribution >= 0.6 is 0 Å². The molecule has 1 heterocycles. The molecule has 1 atom stereocenters. The number of H-pyrrole nitrogens is 1. The van der Waals surface area contributed by atoms with E-state index in [-0.39, 0.29) is 6.04 Å². The molecule has 0 aliphatic carbocycles. The monoisotopic (exact) mass is 601 g/mol. The van der Waals surface area contributed by atoms with Gasteiger partial charge in [-0.3, -0.25) is 0 Å². The van der Waals surface area contributed by atoms with Crippen LogP contribution in [0.5, 0.6) is 0 Å². The number of likely N-dealkylation sites (N-methyl/N-ethyl adjacent to an activating group) is 1. The van der Waals surface area contributed by atoms with E-state index in [1.54, 1.807) is 0 Å². The topological polar surface area (TPSA) is 46.3 Å². The first-order chi connectivity index (χ1) is 21.7. The van der Waals surface area contributed by atoms with E-state index in [1.807, 2.05) is 25.3 Å². The largest absolute Gasteiger partial charge is 0.376 e. The number of para-hydroxylation sites is 1. The van der Waals surface area contributed by atoms with E-state index in [0.29, 0.717) is 0 Å². The summed E-state index contributed by atoms with van der Waals surface area (Å²) in [5.41, 5.74) is 12.2. The smallest absolute Gasteiger partial charge is 0.0688 e. The van der Waals surface area contributed by atoms with E-state index in [9.17, 15) is 0 Å². The third-order valence-electron chi connectivity index (χ3n) is 8.43. The maximum Gasteiger partial charge on any atom is 0.0688 e. The van der Waals surface area contributed by atoms with Crippen molar-refractivity contribution in [3.05, 3.63) is 144 Å². The third-order valence-corrected chi connectivity index (χ3v) is 8.43. The molecule has 236 valence electrons. The molecule has 5 nitrogen and oxygen atoms in total. The molecular weight excluding hydrogens is 550 g/mol. The number of anilines is 2. The van der Waals surface area contributed by atoms with Gasteiger partial charge >= 0.3 is 0 Å². The van der Waals surface area contributed by atoms with Crippen LogP contribution in [0, 0.1) is 13.8 Å². The van der Waals surface area contributed by atoms with Crippen molar-refractivity contribution in [3.8, 4) is 0 Å². The second kappa shape index (κ2) is 15.9. The number of rotatable bonds is 17. The first-order valence-electron chi connectivity index (χ1n) is 16.1. The molecule has 0 aliphatic rings. The molecule has 0 spiro atoms. The Morgan fingerprint density at radius 1 is 0.889 bits per heavy atom. The molecule has 45 heavy (non-hydrogen) atoms. The zero-order chi connectivity index (χ0) is 32.3. The minimum Gasteiger partial charge on any atom is -0.376 e. The van der Waals surface area contributed by atoms with Crippen LogP contribution in [-0.2, 0) is 6.42 Å². The molecule has 4 rings (SSSR count). The molecule has 0 saturated heterocycles. The molecule has 0 radical (unpaired) electrons. The van der Waals surface area contributed by atoms with E-state index < -0.39 is 0 Å². The Bertz CT molecular complexity index is 1560. The number of nitrogens with zero attached hydrogens (tertiary/aromatic N) is 2. The van der Waals surface area contributed by atoms with Crippen molar-refractivity contribution in [3.63, 3.8) is 0 Å². The van der Waals surface area contributed by atoms with Gasteiger partial charge in [-0.05, 0) is 86.6 Å². The second-order valence-corrected chi connectivity index (χ2v) is 12.1. The van der Waals surface area contributed by atoms with Crippen molar-refractivity contribution in [1.82, 2.24) is 15.2 Å². The predicted molar refractivity (Wildman–Crippen MR) is 195 cm³/mol. The van der Waals surface area contributed by atoms with Crippen LogP contribution in [-0.4, -0.2) is 36.6 Å². The zero-order valence-corrected chi connectivity index (χ0v) is 27.9. The average molecular weight is 602 g/mol. The molecule has 1 unspecified atom stereocenters. The highest BCUT2D eigenvalue weighted by atomic mass is 15.1. The quantitative estimate of drug-likeness (QED) is 0.113. The summed E-state index contributed by atoms with van der Waals surface area (Å²) in [4.78, 5) is 7.98. The summed E-state index contributed by atoms with van der Waals surface area (Å²) in [6, 6.07) is 28.1. The normalized spacial score (nSPS) is 11.5. The lowest BCUT2D eigenvalue weighted by Crippen LogP contribution is -2.31. The fraction of sp³-hybridized carbons (Fsp3) is 0.300. The van der Waals surface area contributed by atoms with Crippen LogP contribution in [0.3, 0.4) is 0 Å². The number of aryl methyl sites for hydroxylation is 3. The van der Waals surface area contributed by atoms with Gasteiger partial charge in [-0.2, -0.15) is 0 Å². The highest BCUT2D eigenvalue weighted by molar-refractivity contribution is 5.78. The Kier molecular flexibility index (Phi) is 11.7. The molecule has 0 aliphatic heterocycles. The van der Waals surface area contributed by atoms with E-state index in [2.05, 4.69) is 140 Å². The average Bonchev–Trinajstić information content (AvgIpc) is 3.57. The molecule has 4 aromatic rings. The minimum absolute atomic E-state index is 0.0516. The Morgan fingerprint density at radius 2 is 1.64 bits per heavy atom. The molecule has 3 N–H and O–H groups in total. The van der Waals surface area contributed by atoms with Gasteiger partial charge < -0.3 is 25.4 Å². The van der Waals surface area contributed by atoms with E-state index in [0.717, 1.165) is 72.9 Å². The number of hydrogen-bond acceptors (Lipinski definition) is 4. The van der Waals surface area contributed by atoms with Crippen molar-refractivity contribution in [2.45, 2.75) is 53.0 Å². The lowest BCUT2D eigenvalue weighted by atomic mass is 10.0. The van der Waals surface area contributed by atoms with Gasteiger partial charge in [0.25, 0.3) is 0 Å². The summed E-state index contributed by atoms with van der Waals surface area (Å²) in [5, 5.41) is 7.36. The highest BCUT2D eigenvalue weighted by Crippen LogP contribution is 2.28. The van der Waals surface area contributed by atoms with E-state index in [1.165, 1.54) is 27.9 Å². The molecule has 5 heteroatoms. The van der Waals surface area contributed by atoms with Crippen LogP contribution < -0.4 is 15.5 Å². The molecule has 0 amide bonds. The van der Waals surface area contributed by atoms with Crippen LogP contribution in [0.1, 0.15) is 66.2 Å². The summed E-state index contributed by atoms with van der Waals surface area (Å²) < 4.78 is 0. The number of hydrogen-bond donors (Lipinski definition) is 3. The Balaban J connectivity index is 1.56. The molecule has 0 bridgehead atoms. The predicted octanol–water partition coefficient (Wildman–Crippen LogP) is 9.33. The summed E-state index contributed by atoms with van der Waals surface area (Å²) in [5.74, 6) is 0. The van der Waals surface area contributed by atoms with Gasteiger partial charge in [0.2, 0.25) is 0 Å². The fourth-order valence-corrected chi connectivity index (χ4v) is 5.60. The van der Waals surface area contributed by atoms with Gasteiger partial charge in [0, 0.05) is 55.6 Å². The third kappa shape index (κ3) is 9.18. The van der Waals surface area contributed by atoms with Crippen LogP contribution in [0.25, 0.3) is 11.4 Å². The summed E-state index contributed by atoms with van der Waals surface area (Å²) in [7, 11) is 2.08. The molecule has 0 saturated carbocycles. The Labute approximate surface area is 271 Å². The lowest BCUT2D eigenvalue weighted by Gasteiger charge is -2.29. The number of aromatic nitrogens is 1. The number of nitrogens with one attached hydrogen (secondary N) is 3. The maximum atomic E-state index is 4.49. The van der Waals surface area contributed by atoms with E-state index >= 15 is 0 Å². The number of aromatic amines is 1. The summed E-state index contributed by atoms with van der Waals surface area (Å²) in [6.07, 6.45) is 5.03. The molecule has 3 aromatic carbocycles. The summed E-state index contributed by atoms with van der Waals surface area (Å²) in [6.45, 7) is 24.4. The first kappa shape index (κ1) is 33.3. The van der Waals surface area contributed by atoms with Crippen molar-refractivity contribution < 1.29 is 0 Å². The van der Waals surface area contributed by atoms with Gasteiger partial charge in [-0.1, -0.05) is 86.8 Å². The van der Waals surface area contributed by atoms with Gasteiger partial charge in [-0.25, -0.2) is 0 Å². The Morgan fingerprint density at radius 3 is 2.31 bits per heavy atom. The van der Waals surface area contributed by atoms with Crippen LogP contribution in [0.15, 0.2) is 110 Å². The number of benzene rings is 3. The summed E-state index contributed by atoms with van der Waals surface area (Å²) >= 11 is 0. The SMILES string of the molecule is C=C(NC(CN(C)C(=C)C)c1ccc(C)cc1)c1ccc(CCCN(CCC)c2ccccc2C)c(NC(=C)c2ccc[nH]2)c1. The lowest BCUT2D eigenvalue weighted by molar-refractivity contribution is 0.370. The van der Waals surface area contributed by atoms with Crippen molar-refractivity contribution in [2.24, 2.45) is 0 Å². The van der Waals surface area contributed by atoms with Crippen molar-refractivity contribution in [1.29, 1.82) is 0 Å². The second-order valence-electron chi connectivity index (χ2n) is 12.1. The van der Waals surface area contributed by atoms with Crippen LogP contribution in [0.4, 0.5) is 11.4 Å². The minimum atomic E-state index is 0.0516. The van der Waals surface area contributed by atoms with Gasteiger partial charge in [-0.15, -0.1) is 0 Å². The number of allylic oxidation sites excluding steroid dienone is 1. The van der Waals surface area contributed by atoms with Crippen LogP contribution in [0.2, 0.25) is 0 Å². The van der Waals surface area contributed by atoms with Gasteiger partial charge in [0.05, 0.1) is 17.4 Å². The molecule has 0 fully saturated rings. The van der Waals surface area contributed by atoms with Gasteiger partial charge in [0.1, 0.15) is 0 Å². The highest BCUT2D eigenvalue weighted by Gasteiger charge is 2.17. The molecular formula is C40H51N5. The Hall–Kier alpha value is -4.64. The van der Waals surface area contributed by atoms with E-state index in [4.69, 9.17) is 0 Å². The van der Waals surface area contributed by atoms with Crippen molar-refractivity contribution >= 4 is 22.8 Å². The molecule has 1 aromatic heterocycles. The standard InChI is InChI=1S/C40H51N5/c1-9-25-45(40-17-11-10-14-31(40)5)26-13-15-34-22-23-36(27-38(34)43-33(7)37-16-12-24-41-37)32(6)42-39(28-44(8)29(2)3)35-20-18-30(4)19-21-35/h10-12,14,16-24,27,39,41-43H,2,6-7,9,13,15,25-26,28H2,1,3-5,8H3. The zero-order valence-electron chi connectivity index (χ0n) is 27.9.